The number of benzene rings is 2. The average Bonchev–Trinajstić information content (AvgIpc) is 2.47. The van der Waals surface area contributed by atoms with E-state index in [1.54, 1.807) is 24.3 Å². The third-order valence-electron chi connectivity index (χ3n) is 3.06. The molecule has 0 aliphatic rings. The number of rotatable bonds is 5. The maximum Gasteiger partial charge on any atom is 0.311 e. The Morgan fingerprint density at radius 1 is 1.29 bits per heavy atom. The first-order valence-electron chi connectivity index (χ1n) is 6.35. The summed E-state index contributed by atoms with van der Waals surface area (Å²) in [5.74, 6) is 0.716. The van der Waals surface area contributed by atoms with E-state index in [1.807, 2.05) is 13.0 Å². The second kappa shape index (κ2) is 6.91. The van der Waals surface area contributed by atoms with Gasteiger partial charge in [-0.2, -0.15) is 0 Å². The van der Waals surface area contributed by atoms with E-state index in [0.29, 0.717) is 16.1 Å². The highest BCUT2D eigenvalue weighted by atomic mass is 79.9. The number of hydrogen-bond donors (Lipinski definition) is 0. The van der Waals surface area contributed by atoms with Gasteiger partial charge in [-0.3, -0.25) is 10.1 Å². The lowest BCUT2D eigenvalue weighted by molar-refractivity contribution is -0.385. The number of nitro groups is 1. The van der Waals surface area contributed by atoms with Crippen LogP contribution in [0.5, 0.6) is 11.5 Å². The smallest absolute Gasteiger partial charge is 0.311 e. The van der Waals surface area contributed by atoms with Crippen LogP contribution in [0.15, 0.2) is 36.4 Å². The second-order valence-corrected chi connectivity index (χ2v) is 5.33. The zero-order valence-electron chi connectivity index (χ0n) is 11.3. The van der Waals surface area contributed by atoms with Crippen LogP contribution in [0.25, 0.3) is 0 Å². The summed E-state index contributed by atoms with van der Waals surface area (Å²) < 4.78 is 5.72. The Kier molecular flexibility index (Phi) is 5.20. The molecule has 0 saturated heterocycles. The fraction of sp³-hybridized carbons (Fsp3) is 0.200. The van der Waals surface area contributed by atoms with E-state index in [0.717, 1.165) is 17.5 Å². The molecule has 0 atom stereocenters. The van der Waals surface area contributed by atoms with Crippen LogP contribution < -0.4 is 4.74 Å². The summed E-state index contributed by atoms with van der Waals surface area (Å²) in [6, 6.07) is 10.2. The van der Waals surface area contributed by atoms with Crippen molar-refractivity contribution in [1.82, 2.24) is 0 Å². The fourth-order valence-corrected chi connectivity index (χ4v) is 2.87. The zero-order chi connectivity index (χ0) is 15.4. The van der Waals surface area contributed by atoms with Crippen LogP contribution in [0.4, 0.5) is 5.69 Å². The van der Waals surface area contributed by atoms with Gasteiger partial charge in [0.1, 0.15) is 5.75 Å². The summed E-state index contributed by atoms with van der Waals surface area (Å²) in [5, 5.41) is 12.2. The molecular weight excluding hydrogens is 358 g/mol. The van der Waals surface area contributed by atoms with E-state index in [9.17, 15) is 10.1 Å². The number of nitrogens with zero attached hydrogens (tertiary/aromatic N) is 1. The zero-order valence-corrected chi connectivity index (χ0v) is 13.6. The molecule has 110 valence electrons. The minimum Gasteiger partial charge on any atom is -0.450 e. The standard InChI is InChI=1S/C15H13BrClNO3/c1-2-10-6-7-15(13(8-10)18(19)20)21-14-5-3-4-12(17)11(14)9-16/h3-8H,2,9H2,1H3. The monoisotopic (exact) mass is 369 g/mol. The highest BCUT2D eigenvalue weighted by Crippen LogP contribution is 2.36. The molecule has 0 radical (unpaired) electrons. The van der Waals surface area contributed by atoms with Gasteiger partial charge < -0.3 is 4.74 Å². The van der Waals surface area contributed by atoms with Gasteiger partial charge in [-0.1, -0.05) is 46.6 Å². The lowest BCUT2D eigenvalue weighted by Gasteiger charge is -2.11. The third kappa shape index (κ3) is 3.54. The van der Waals surface area contributed by atoms with Crippen LogP contribution >= 0.6 is 27.5 Å². The lowest BCUT2D eigenvalue weighted by atomic mass is 10.1. The Labute approximate surface area is 136 Å². The molecule has 0 aromatic heterocycles. The average molecular weight is 371 g/mol. The normalized spacial score (nSPS) is 10.4. The first-order valence-corrected chi connectivity index (χ1v) is 7.85. The van der Waals surface area contributed by atoms with Crippen LogP contribution in [0.1, 0.15) is 18.1 Å². The van der Waals surface area contributed by atoms with Crippen molar-refractivity contribution in [3.8, 4) is 11.5 Å². The summed E-state index contributed by atoms with van der Waals surface area (Å²) in [6.07, 6.45) is 0.727. The van der Waals surface area contributed by atoms with E-state index >= 15 is 0 Å². The maximum absolute atomic E-state index is 11.2. The molecule has 0 bridgehead atoms. The summed E-state index contributed by atoms with van der Waals surface area (Å²) in [7, 11) is 0. The minimum absolute atomic E-state index is 0.0464. The molecule has 2 rings (SSSR count). The summed E-state index contributed by atoms with van der Waals surface area (Å²) >= 11 is 9.45. The van der Waals surface area contributed by atoms with Crippen LogP contribution in [-0.4, -0.2) is 4.92 Å². The van der Waals surface area contributed by atoms with Gasteiger partial charge in [0.2, 0.25) is 5.75 Å². The number of alkyl halides is 1. The molecule has 4 nitrogen and oxygen atoms in total. The van der Waals surface area contributed by atoms with E-state index in [2.05, 4.69) is 15.9 Å². The molecule has 0 N–H and O–H groups in total. The number of aryl methyl sites for hydroxylation is 1. The quantitative estimate of drug-likeness (QED) is 0.397. The van der Waals surface area contributed by atoms with E-state index < -0.39 is 4.92 Å². The topological polar surface area (TPSA) is 52.4 Å². The number of hydrogen-bond acceptors (Lipinski definition) is 3. The maximum atomic E-state index is 11.2. The number of nitro benzene ring substituents is 1. The van der Waals surface area contributed by atoms with Crippen molar-refractivity contribution in [2.75, 3.05) is 0 Å². The van der Waals surface area contributed by atoms with Crippen molar-refractivity contribution in [3.63, 3.8) is 0 Å². The molecule has 0 fully saturated rings. The molecule has 0 saturated carbocycles. The summed E-state index contributed by atoms with van der Waals surface area (Å²) in [6.45, 7) is 1.94. The predicted octanol–water partition coefficient (Wildman–Crippen LogP) is 5.50. The lowest BCUT2D eigenvalue weighted by Crippen LogP contribution is -1.97. The van der Waals surface area contributed by atoms with Gasteiger partial charge >= 0.3 is 5.69 Å². The predicted molar refractivity (Wildman–Crippen MR) is 86.6 cm³/mol. The van der Waals surface area contributed by atoms with E-state index in [4.69, 9.17) is 16.3 Å². The molecule has 0 amide bonds. The van der Waals surface area contributed by atoms with Crippen LogP contribution in [0.2, 0.25) is 5.02 Å². The van der Waals surface area contributed by atoms with Gasteiger partial charge in [0, 0.05) is 22.0 Å². The van der Waals surface area contributed by atoms with Crippen molar-refractivity contribution in [2.45, 2.75) is 18.7 Å². The van der Waals surface area contributed by atoms with Gasteiger partial charge in [0.15, 0.2) is 0 Å². The molecule has 0 unspecified atom stereocenters. The van der Waals surface area contributed by atoms with Gasteiger partial charge in [-0.15, -0.1) is 0 Å². The first-order chi connectivity index (χ1) is 10.1. The summed E-state index contributed by atoms with van der Waals surface area (Å²) in [4.78, 5) is 10.8. The molecule has 2 aromatic rings. The van der Waals surface area contributed by atoms with Crippen molar-refractivity contribution in [1.29, 1.82) is 0 Å². The van der Waals surface area contributed by atoms with Crippen molar-refractivity contribution >= 4 is 33.2 Å². The number of halogens is 2. The molecule has 0 aliphatic heterocycles. The second-order valence-electron chi connectivity index (χ2n) is 4.36. The third-order valence-corrected chi connectivity index (χ3v) is 3.97. The largest absolute Gasteiger partial charge is 0.450 e. The molecular formula is C15H13BrClNO3. The molecule has 0 heterocycles. The number of ether oxygens (including phenoxy) is 1. The Morgan fingerprint density at radius 3 is 2.67 bits per heavy atom. The van der Waals surface area contributed by atoms with Crippen LogP contribution in [-0.2, 0) is 11.8 Å². The van der Waals surface area contributed by atoms with E-state index in [-0.39, 0.29) is 11.4 Å². The van der Waals surface area contributed by atoms with Crippen LogP contribution in [0, 0.1) is 10.1 Å². The summed E-state index contributed by atoms with van der Waals surface area (Å²) in [5.41, 5.74) is 1.60. The van der Waals surface area contributed by atoms with Crippen molar-refractivity contribution in [2.24, 2.45) is 0 Å². The molecule has 6 heteroatoms. The van der Waals surface area contributed by atoms with Gasteiger partial charge in [-0.25, -0.2) is 0 Å². The van der Waals surface area contributed by atoms with Gasteiger partial charge in [0.25, 0.3) is 0 Å². The van der Waals surface area contributed by atoms with E-state index in [1.165, 1.54) is 6.07 Å². The fourth-order valence-electron chi connectivity index (χ4n) is 1.89. The Balaban J connectivity index is 2.44. The molecule has 0 aliphatic carbocycles. The highest BCUT2D eigenvalue weighted by Gasteiger charge is 2.18. The SMILES string of the molecule is CCc1ccc(Oc2cccc(Cl)c2CBr)c([N+](=O)[O-])c1. The van der Waals surface area contributed by atoms with Gasteiger partial charge in [0.05, 0.1) is 4.92 Å². The molecule has 0 spiro atoms. The van der Waals surface area contributed by atoms with Gasteiger partial charge in [-0.05, 0) is 30.2 Å². The highest BCUT2D eigenvalue weighted by molar-refractivity contribution is 9.08. The Bertz CT molecular complexity index is 676. The first kappa shape index (κ1) is 15.8. The molecule has 2 aromatic carbocycles. The Morgan fingerprint density at radius 2 is 2.05 bits per heavy atom. The molecule has 21 heavy (non-hydrogen) atoms. The van der Waals surface area contributed by atoms with Crippen LogP contribution in [0.3, 0.4) is 0 Å². The minimum atomic E-state index is -0.438. The Hall–Kier alpha value is -1.59. The van der Waals surface area contributed by atoms with Crippen molar-refractivity contribution < 1.29 is 9.66 Å². The van der Waals surface area contributed by atoms with Crippen molar-refractivity contribution in [3.05, 3.63) is 62.7 Å².